The number of hydrazine groups is 1. The van der Waals surface area contributed by atoms with Crippen LogP contribution in [0.1, 0.15) is 15.9 Å². The zero-order valence-electron chi connectivity index (χ0n) is 14.1. The van der Waals surface area contributed by atoms with Crippen molar-refractivity contribution in [1.82, 2.24) is 10.9 Å². The molecule has 26 heavy (non-hydrogen) atoms. The van der Waals surface area contributed by atoms with Crippen LogP contribution in [0.3, 0.4) is 0 Å². The summed E-state index contributed by atoms with van der Waals surface area (Å²) in [5.74, 6) is -2.10. The molecule has 2 aromatic carbocycles. The fraction of sp³-hybridized carbons (Fsp3) is 0.176. The second-order valence-electron chi connectivity index (χ2n) is 5.47. The quantitative estimate of drug-likeness (QED) is 0.763. The first kappa shape index (κ1) is 19.4. The molecule has 0 unspecified atom stereocenters. The van der Waals surface area contributed by atoms with Crippen LogP contribution in [0.2, 0.25) is 0 Å². The Morgan fingerprint density at radius 1 is 1.12 bits per heavy atom. The van der Waals surface area contributed by atoms with Crippen LogP contribution in [0.5, 0.6) is 5.75 Å². The van der Waals surface area contributed by atoms with E-state index in [1.54, 1.807) is 13.0 Å². The fourth-order valence-electron chi connectivity index (χ4n) is 2.01. The maximum atomic E-state index is 13.4. The van der Waals surface area contributed by atoms with Crippen molar-refractivity contribution in [2.75, 3.05) is 12.9 Å². The molecule has 0 saturated heterocycles. The Morgan fingerprint density at radius 2 is 1.81 bits per heavy atom. The third-order valence-electron chi connectivity index (χ3n) is 3.39. The van der Waals surface area contributed by atoms with Gasteiger partial charge in [0.15, 0.2) is 28.0 Å². The molecular formula is C17H17FN2O5S. The van der Waals surface area contributed by atoms with E-state index in [1.165, 1.54) is 36.4 Å². The zero-order valence-corrected chi connectivity index (χ0v) is 14.9. The van der Waals surface area contributed by atoms with E-state index in [-0.39, 0.29) is 16.2 Å². The van der Waals surface area contributed by atoms with E-state index in [2.05, 4.69) is 10.9 Å². The number of sulfone groups is 1. The minimum absolute atomic E-state index is 0.0116. The molecule has 0 aliphatic heterocycles. The summed E-state index contributed by atoms with van der Waals surface area (Å²) in [5.41, 5.74) is 4.92. The normalized spacial score (nSPS) is 10.9. The lowest BCUT2D eigenvalue weighted by Gasteiger charge is -2.11. The number of carbonyl (C=O) groups excluding carboxylic acids is 2. The first-order valence-electron chi connectivity index (χ1n) is 7.45. The summed E-state index contributed by atoms with van der Waals surface area (Å²) in [6.07, 6.45) is 1.03. The number of rotatable bonds is 5. The van der Waals surface area contributed by atoms with E-state index in [4.69, 9.17) is 4.74 Å². The molecule has 2 N–H and O–H groups in total. The van der Waals surface area contributed by atoms with Crippen molar-refractivity contribution < 1.29 is 27.1 Å². The van der Waals surface area contributed by atoms with Crippen LogP contribution in [-0.4, -0.2) is 33.1 Å². The number of benzene rings is 2. The summed E-state index contributed by atoms with van der Waals surface area (Å²) >= 11 is 0. The maximum absolute atomic E-state index is 13.4. The predicted octanol–water partition coefficient (Wildman–Crippen LogP) is 1.38. The Morgan fingerprint density at radius 3 is 2.46 bits per heavy atom. The number of aryl methyl sites for hydroxylation is 1. The van der Waals surface area contributed by atoms with E-state index in [0.29, 0.717) is 5.56 Å². The molecule has 0 aromatic heterocycles. The van der Waals surface area contributed by atoms with Gasteiger partial charge in [0.25, 0.3) is 11.8 Å². The van der Waals surface area contributed by atoms with Crippen molar-refractivity contribution in [3.8, 4) is 5.75 Å². The van der Waals surface area contributed by atoms with Crippen LogP contribution in [0.4, 0.5) is 4.39 Å². The van der Waals surface area contributed by atoms with Gasteiger partial charge in [0.05, 0.1) is 4.90 Å². The highest BCUT2D eigenvalue weighted by Gasteiger charge is 2.15. The van der Waals surface area contributed by atoms with Gasteiger partial charge in [-0.25, -0.2) is 12.8 Å². The minimum Gasteiger partial charge on any atom is -0.481 e. The molecule has 0 spiro atoms. The molecule has 2 amide bonds. The van der Waals surface area contributed by atoms with E-state index < -0.39 is 34.1 Å². The number of nitrogens with one attached hydrogen (secondary N) is 2. The summed E-state index contributed by atoms with van der Waals surface area (Å²) < 4.78 is 41.6. The fourth-order valence-corrected chi connectivity index (χ4v) is 2.66. The summed E-state index contributed by atoms with van der Waals surface area (Å²) in [7, 11) is -3.47. The van der Waals surface area contributed by atoms with Crippen LogP contribution < -0.4 is 15.6 Å². The Labute approximate surface area is 150 Å². The smallest absolute Gasteiger partial charge is 0.276 e. The summed E-state index contributed by atoms with van der Waals surface area (Å²) in [5, 5.41) is 0. The van der Waals surface area contributed by atoms with E-state index in [0.717, 1.165) is 6.26 Å². The van der Waals surface area contributed by atoms with Crippen molar-refractivity contribution in [3.05, 3.63) is 59.4 Å². The van der Waals surface area contributed by atoms with Crippen LogP contribution in [0.15, 0.2) is 47.4 Å². The summed E-state index contributed by atoms with van der Waals surface area (Å²) in [6.45, 7) is 1.12. The van der Waals surface area contributed by atoms with Gasteiger partial charge in [-0.1, -0.05) is 18.2 Å². The second-order valence-corrected chi connectivity index (χ2v) is 7.49. The second kappa shape index (κ2) is 7.96. The number of para-hydroxylation sites is 1. The Balaban J connectivity index is 1.96. The van der Waals surface area contributed by atoms with Gasteiger partial charge in [0.2, 0.25) is 0 Å². The monoisotopic (exact) mass is 380 g/mol. The minimum atomic E-state index is -3.47. The number of ether oxygens (including phenoxy) is 1. The average molecular weight is 380 g/mol. The highest BCUT2D eigenvalue weighted by atomic mass is 32.2. The number of carbonyl (C=O) groups is 2. The van der Waals surface area contributed by atoms with Crippen LogP contribution in [0, 0.1) is 12.7 Å². The number of amides is 2. The lowest BCUT2D eigenvalue weighted by molar-refractivity contribution is -0.123. The molecule has 138 valence electrons. The highest BCUT2D eigenvalue weighted by molar-refractivity contribution is 7.90. The van der Waals surface area contributed by atoms with Gasteiger partial charge in [0.1, 0.15) is 0 Å². The van der Waals surface area contributed by atoms with Crippen molar-refractivity contribution >= 4 is 21.7 Å². The average Bonchev–Trinajstić information content (AvgIpc) is 2.58. The van der Waals surface area contributed by atoms with Gasteiger partial charge < -0.3 is 4.74 Å². The van der Waals surface area contributed by atoms with E-state index in [9.17, 15) is 22.4 Å². The van der Waals surface area contributed by atoms with Crippen molar-refractivity contribution in [2.45, 2.75) is 11.8 Å². The first-order chi connectivity index (χ1) is 12.2. The highest BCUT2D eigenvalue weighted by Crippen LogP contribution is 2.16. The molecule has 7 nitrogen and oxygen atoms in total. The lowest BCUT2D eigenvalue weighted by Crippen LogP contribution is -2.44. The molecule has 0 atom stereocenters. The van der Waals surface area contributed by atoms with E-state index >= 15 is 0 Å². The predicted molar refractivity (Wildman–Crippen MR) is 91.8 cm³/mol. The maximum Gasteiger partial charge on any atom is 0.276 e. The van der Waals surface area contributed by atoms with Gasteiger partial charge in [0, 0.05) is 11.8 Å². The molecular weight excluding hydrogens is 363 g/mol. The topological polar surface area (TPSA) is 102 Å². The molecule has 0 saturated carbocycles. The molecule has 0 radical (unpaired) electrons. The SMILES string of the molecule is Cc1ccc(S(C)(=O)=O)cc1C(=O)NNC(=O)COc1ccccc1F. The van der Waals surface area contributed by atoms with Crippen LogP contribution in [-0.2, 0) is 14.6 Å². The standard InChI is InChI=1S/C17H17FN2O5S/c1-11-7-8-12(26(2,23)24)9-13(11)17(22)20-19-16(21)10-25-15-6-4-3-5-14(15)18/h3-9H,10H2,1-2H3,(H,19,21)(H,20,22). The Hall–Kier alpha value is -2.94. The molecule has 0 aliphatic carbocycles. The van der Waals surface area contributed by atoms with Gasteiger partial charge in [-0.3, -0.25) is 20.4 Å². The largest absolute Gasteiger partial charge is 0.481 e. The van der Waals surface area contributed by atoms with Gasteiger partial charge >= 0.3 is 0 Å². The van der Waals surface area contributed by atoms with Crippen molar-refractivity contribution in [1.29, 1.82) is 0 Å². The lowest BCUT2D eigenvalue weighted by atomic mass is 10.1. The van der Waals surface area contributed by atoms with Gasteiger partial charge in [-0.2, -0.15) is 0 Å². The molecule has 0 bridgehead atoms. The van der Waals surface area contributed by atoms with Gasteiger partial charge in [-0.05, 0) is 36.8 Å². The summed E-state index contributed by atoms with van der Waals surface area (Å²) in [6, 6.07) is 9.69. The van der Waals surface area contributed by atoms with Crippen LogP contribution in [0.25, 0.3) is 0 Å². The molecule has 2 rings (SSSR count). The first-order valence-corrected chi connectivity index (χ1v) is 9.35. The Bertz CT molecular complexity index is 944. The molecule has 2 aromatic rings. The number of hydrogen-bond acceptors (Lipinski definition) is 5. The molecule has 9 heteroatoms. The Kier molecular flexibility index (Phi) is 5.93. The number of hydrogen-bond donors (Lipinski definition) is 2. The number of halogens is 1. The summed E-state index contributed by atoms with van der Waals surface area (Å²) in [4.78, 5) is 23.8. The van der Waals surface area contributed by atoms with E-state index in [1.807, 2.05) is 0 Å². The zero-order chi connectivity index (χ0) is 19.3. The molecule has 0 fully saturated rings. The van der Waals surface area contributed by atoms with Crippen molar-refractivity contribution in [3.63, 3.8) is 0 Å². The third kappa shape index (κ3) is 5.03. The van der Waals surface area contributed by atoms with Crippen molar-refractivity contribution in [2.24, 2.45) is 0 Å². The molecule has 0 aliphatic rings. The molecule has 0 heterocycles. The van der Waals surface area contributed by atoms with Crippen LogP contribution >= 0.6 is 0 Å². The third-order valence-corrected chi connectivity index (χ3v) is 4.50. The van der Waals surface area contributed by atoms with Gasteiger partial charge in [-0.15, -0.1) is 0 Å².